The number of aryl methyl sites for hydroxylation is 1. The Morgan fingerprint density at radius 2 is 1.76 bits per heavy atom. The Balaban J connectivity index is 1.98. The number of aromatic nitrogens is 2. The fourth-order valence-corrected chi connectivity index (χ4v) is 2.90. The summed E-state index contributed by atoms with van der Waals surface area (Å²) in [6.07, 6.45) is -3.70. The molecule has 0 radical (unpaired) electrons. The van der Waals surface area contributed by atoms with Crippen molar-refractivity contribution < 1.29 is 27.4 Å². The van der Waals surface area contributed by atoms with Crippen LogP contribution in [0.2, 0.25) is 0 Å². The maximum atomic E-state index is 13.2. The van der Waals surface area contributed by atoms with Crippen molar-refractivity contribution >= 4 is 11.6 Å². The molecule has 9 heteroatoms. The Hall–Kier alpha value is -3.49. The fourth-order valence-electron chi connectivity index (χ4n) is 2.90. The van der Waals surface area contributed by atoms with Crippen LogP contribution in [-0.2, 0) is 13.2 Å². The van der Waals surface area contributed by atoms with Gasteiger partial charge in [-0.1, -0.05) is 24.3 Å². The smallest absolute Gasteiger partial charge is 0.435 e. The molecule has 1 amide bonds. The molecule has 29 heavy (non-hydrogen) atoms. The summed E-state index contributed by atoms with van der Waals surface area (Å²) in [5, 5.41) is 5.92. The number of nitrogens with one attached hydrogen (secondary N) is 1. The molecular formula is C20H18F3N3O3. The molecule has 0 aliphatic rings. The number of nitrogens with zero attached hydrogens (tertiary/aromatic N) is 2. The second-order valence-electron chi connectivity index (χ2n) is 6.13. The molecular weight excluding hydrogens is 387 g/mol. The average molecular weight is 405 g/mol. The number of para-hydroxylation sites is 1. The Morgan fingerprint density at radius 1 is 1.07 bits per heavy atom. The molecule has 0 saturated carbocycles. The minimum absolute atomic E-state index is 0.349. The first kappa shape index (κ1) is 20.2. The molecule has 0 fully saturated rings. The first-order valence-corrected chi connectivity index (χ1v) is 8.48. The highest BCUT2D eigenvalue weighted by atomic mass is 19.4. The van der Waals surface area contributed by atoms with Gasteiger partial charge in [-0.05, 0) is 23.8 Å². The number of methoxy groups -OCH3 is 2. The monoisotopic (exact) mass is 405 g/mol. The van der Waals surface area contributed by atoms with Crippen LogP contribution < -0.4 is 14.8 Å². The van der Waals surface area contributed by atoms with Gasteiger partial charge in [0.25, 0.3) is 5.91 Å². The van der Waals surface area contributed by atoms with Gasteiger partial charge in [-0.3, -0.25) is 9.48 Å². The van der Waals surface area contributed by atoms with Gasteiger partial charge in [0.1, 0.15) is 0 Å². The molecule has 3 aromatic rings. The molecule has 0 atom stereocenters. The first-order valence-electron chi connectivity index (χ1n) is 8.48. The molecule has 1 aromatic heterocycles. The van der Waals surface area contributed by atoms with Gasteiger partial charge in [-0.25, -0.2) is 0 Å². The van der Waals surface area contributed by atoms with Crippen LogP contribution in [0.5, 0.6) is 11.5 Å². The summed E-state index contributed by atoms with van der Waals surface area (Å²) < 4.78 is 51.0. The van der Waals surface area contributed by atoms with Gasteiger partial charge < -0.3 is 14.8 Å². The summed E-state index contributed by atoms with van der Waals surface area (Å²) >= 11 is 0. The summed E-state index contributed by atoms with van der Waals surface area (Å²) in [6.45, 7) is 0. The zero-order valence-electron chi connectivity index (χ0n) is 15.9. The molecule has 0 saturated heterocycles. The maximum absolute atomic E-state index is 13.2. The summed E-state index contributed by atoms with van der Waals surface area (Å²) in [7, 11) is 4.33. The first-order chi connectivity index (χ1) is 13.7. The van der Waals surface area contributed by atoms with E-state index < -0.39 is 23.3 Å². The highest BCUT2D eigenvalue weighted by Gasteiger charge is 2.39. The summed E-state index contributed by atoms with van der Waals surface area (Å²) in [4.78, 5) is 12.6. The summed E-state index contributed by atoms with van der Waals surface area (Å²) in [5.74, 6) is 0.110. The molecule has 0 spiro atoms. The molecule has 0 bridgehead atoms. The van der Waals surface area contributed by atoms with Crippen LogP contribution in [0, 0.1) is 0 Å². The number of ether oxygens (including phenoxy) is 2. The quantitative estimate of drug-likeness (QED) is 0.684. The number of benzene rings is 2. The Bertz CT molecular complexity index is 1040. The molecule has 0 aliphatic carbocycles. The van der Waals surface area contributed by atoms with Crippen molar-refractivity contribution in [2.75, 3.05) is 19.5 Å². The van der Waals surface area contributed by atoms with Gasteiger partial charge in [0.15, 0.2) is 17.2 Å². The molecule has 152 valence electrons. The average Bonchev–Trinajstić information content (AvgIpc) is 3.10. The van der Waals surface area contributed by atoms with Crippen LogP contribution in [0.15, 0.2) is 48.7 Å². The van der Waals surface area contributed by atoms with Crippen molar-refractivity contribution in [3.05, 3.63) is 59.9 Å². The van der Waals surface area contributed by atoms with E-state index in [1.165, 1.54) is 21.3 Å². The number of anilines is 1. The number of amides is 1. The van der Waals surface area contributed by atoms with E-state index in [-0.39, 0.29) is 0 Å². The predicted octanol–water partition coefficient (Wildman–Crippen LogP) is 4.38. The van der Waals surface area contributed by atoms with Crippen molar-refractivity contribution in [2.45, 2.75) is 6.18 Å². The van der Waals surface area contributed by atoms with Crippen molar-refractivity contribution in [3.8, 4) is 22.6 Å². The predicted molar refractivity (Wildman–Crippen MR) is 101 cm³/mol. The normalized spacial score (nSPS) is 11.2. The van der Waals surface area contributed by atoms with Gasteiger partial charge in [0, 0.05) is 24.5 Å². The van der Waals surface area contributed by atoms with E-state index in [0.717, 1.165) is 10.9 Å². The second-order valence-corrected chi connectivity index (χ2v) is 6.13. The third kappa shape index (κ3) is 4.18. The summed E-state index contributed by atoms with van der Waals surface area (Å²) in [6, 6.07) is 12.0. The van der Waals surface area contributed by atoms with E-state index in [1.54, 1.807) is 42.5 Å². The van der Waals surface area contributed by atoms with Crippen LogP contribution in [0.25, 0.3) is 11.1 Å². The third-order valence-corrected chi connectivity index (χ3v) is 4.21. The number of rotatable bonds is 5. The van der Waals surface area contributed by atoms with Gasteiger partial charge in [0.2, 0.25) is 0 Å². The minimum Gasteiger partial charge on any atom is -0.493 e. The largest absolute Gasteiger partial charge is 0.493 e. The molecule has 3 rings (SSSR count). The minimum atomic E-state index is -4.74. The molecule has 1 N–H and O–H groups in total. The van der Waals surface area contributed by atoms with Crippen molar-refractivity contribution in [1.82, 2.24) is 9.78 Å². The van der Waals surface area contributed by atoms with Crippen molar-refractivity contribution in [2.24, 2.45) is 7.05 Å². The van der Waals surface area contributed by atoms with Gasteiger partial charge in [-0.2, -0.15) is 18.3 Å². The van der Waals surface area contributed by atoms with Crippen LogP contribution in [0.4, 0.5) is 18.9 Å². The van der Waals surface area contributed by atoms with E-state index in [9.17, 15) is 18.0 Å². The van der Waals surface area contributed by atoms with E-state index in [0.29, 0.717) is 28.3 Å². The van der Waals surface area contributed by atoms with Crippen molar-refractivity contribution in [3.63, 3.8) is 0 Å². The zero-order chi connectivity index (χ0) is 21.2. The maximum Gasteiger partial charge on any atom is 0.435 e. The molecule has 1 heterocycles. The van der Waals surface area contributed by atoms with Crippen molar-refractivity contribution in [1.29, 1.82) is 0 Å². The molecule has 0 aliphatic heterocycles. The molecule has 0 unspecified atom stereocenters. The molecule has 2 aromatic carbocycles. The van der Waals surface area contributed by atoms with Gasteiger partial charge in [0.05, 0.1) is 19.8 Å². The lowest BCUT2D eigenvalue weighted by atomic mass is 10.0. The standard InChI is InChI=1S/C20H18F3N3O3/c1-26-11-14(18(25-26)20(21,22)23)19(27)24-15-7-5-4-6-13(15)12-8-9-16(28-2)17(10-12)29-3/h4-11H,1-3H3,(H,24,27). The lowest BCUT2D eigenvalue weighted by Crippen LogP contribution is -2.18. The Morgan fingerprint density at radius 3 is 2.41 bits per heavy atom. The summed E-state index contributed by atoms with van der Waals surface area (Å²) in [5.41, 5.74) is -0.134. The van der Waals surface area contributed by atoms with Crippen LogP contribution in [0.3, 0.4) is 0 Å². The van der Waals surface area contributed by atoms with Crippen LogP contribution in [0.1, 0.15) is 16.1 Å². The van der Waals surface area contributed by atoms with Gasteiger partial charge in [-0.15, -0.1) is 0 Å². The number of carbonyl (C=O) groups is 1. The lowest BCUT2D eigenvalue weighted by molar-refractivity contribution is -0.141. The van der Waals surface area contributed by atoms with Crippen LogP contribution >= 0.6 is 0 Å². The number of hydrogen-bond acceptors (Lipinski definition) is 4. The Labute approximate surface area is 164 Å². The number of carbonyl (C=O) groups excluding carboxylic acids is 1. The van der Waals surface area contributed by atoms with E-state index in [1.807, 2.05) is 0 Å². The fraction of sp³-hybridized carbons (Fsp3) is 0.200. The van der Waals surface area contributed by atoms with Gasteiger partial charge >= 0.3 is 6.18 Å². The number of hydrogen-bond donors (Lipinski definition) is 1. The Kier molecular flexibility index (Phi) is 5.49. The SMILES string of the molecule is COc1ccc(-c2ccccc2NC(=O)c2cn(C)nc2C(F)(F)F)cc1OC. The second kappa shape index (κ2) is 7.86. The zero-order valence-corrected chi connectivity index (χ0v) is 15.9. The van der Waals surface area contributed by atoms with E-state index in [2.05, 4.69) is 10.4 Å². The lowest BCUT2D eigenvalue weighted by Gasteiger charge is -2.14. The third-order valence-electron chi connectivity index (χ3n) is 4.21. The number of halogens is 3. The topological polar surface area (TPSA) is 65.4 Å². The van der Waals surface area contributed by atoms with E-state index >= 15 is 0 Å². The highest BCUT2D eigenvalue weighted by Crippen LogP contribution is 2.36. The van der Waals surface area contributed by atoms with E-state index in [4.69, 9.17) is 9.47 Å². The molecule has 6 nitrogen and oxygen atoms in total. The van der Waals surface area contributed by atoms with Crippen LogP contribution in [-0.4, -0.2) is 29.9 Å². The number of alkyl halides is 3. The highest BCUT2D eigenvalue weighted by molar-refractivity contribution is 6.07.